The second-order valence-electron chi connectivity index (χ2n) is 4.83. The van der Waals surface area contributed by atoms with Gasteiger partial charge in [-0.1, -0.05) is 20.8 Å². The van der Waals surface area contributed by atoms with Crippen LogP contribution in [0.2, 0.25) is 0 Å². The molecule has 0 bridgehead atoms. The molecule has 4 heteroatoms. The van der Waals surface area contributed by atoms with Crippen LogP contribution in [0.25, 0.3) is 0 Å². The van der Waals surface area contributed by atoms with E-state index in [0.717, 1.165) is 13.0 Å². The van der Waals surface area contributed by atoms with Gasteiger partial charge in [0, 0.05) is 18.3 Å². The van der Waals surface area contributed by atoms with Crippen LogP contribution < -0.4 is 10.1 Å². The molecule has 0 aliphatic rings. The Morgan fingerprint density at radius 2 is 2.11 bits per heavy atom. The van der Waals surface area contributed by atoms with Crippen LogP contribution in [0.15, 0.2) is 12.3 Å². The second kappa shape index (κ2) is 7.31. The Kier molecular flexibility index (Phi) is 6.05. The van der Waals surface area contributed by atoms with Crippen molar-refractivity contribution < 1.29 is 9.13 Å². The third-order valence-corrected chi connectivity index (χ3v) is 2.92. The molecule has 1 atom stereocenters. The Bertz CT molecular complexity index is 369. The minimum Gasteiger partial charge on any atom is -0.472 e. The monoisotopic (exact) mass is 254 g/mol. The van der Waals surface area contributed by atoms with Crippen LogP contribution in [-0.4, -0.2) is 17.6 Å². The zero-order valence-electron chi connectivity index (χ0n) is 11.7. The standard InChI is InChI=1S/C14H23FN2O/c1-5-7-16-9-12-6-8-17-14(13(12)15)18-11(4)10(2)3/h6,8,10-11,16H,5,7,9H2,1-4H3. The Morgan fingerprint density at radius 1 is 1.39 bits per heavy atom. The molecule has 0 aromatic carbocycles. The molecule has 0 saturated carbocycles. The highest BCUT2D eigenvalue weighted by Crippen LogP contribution is 2.20. The lowest BCUT2D eigenvalue weighted by Crippen LogP contribution is -2.21. The fourth-order valence-corrected chi connectivity index (χ4v) is 1.39. The highest BCUT2D eigenvalue weighted by atomic mass is 19.1. The molecule has 0 fully saturated rings. The molecule has 18 heavy (non-hydrogen) atoms. The lowest BCUT2D eigenvalue weighted by molar-refractivity contribution is 0.155. The first-order chi connectivity index (χ1) is 8.56. The molecule has 0 aliphatic carbocycles. The molecule has 1 N–H and O–H groups in total. The van der Waals surface area contributed by atoms with Crippen LogP contribution >= 0.6 is 0 Å². The van der Waals surface area contributed by atoms with Crippen molar-refractivity contribution >= 4 is 0 Å². The Labute approximate surface area is 109 Å². The van der Waals surface area contributed by atoms with Crippen LogP contribution in [0.4, 0.5) is 4.39 Å². The lowest BCUT2D eigenvalue weighted by atomic mass is 10.1. The quantitative estimate of drug-likeness (QED) is 0.759. The van der Waals surface area contributed by atoms with Crippen LogP contribution in [0.1, 0.15) is 39.7 Å². The lowest BCUT2D eigenvalue weighted by Gasteiger charge is -2.18. The van der Waals surface area contributed by atoms with E-state index in [0.29, 0.717) is 18.0 Å². The maximum Gasteiger partial charge on any atom is 0.250 e. The van der Waals surface area contributed by atoms with Gasteiger partial charge < -0.3 is 10.1 Å². The van der Waals surface area contributed by atoms with Gasteiger partial charge in [-0.2, -0.15) is 0 Å². The number of aromatic nitrogens is 1. The summed E-state index contributed by atoms with van der Waals surface area (Å²) < 4.78 is 19.6. The number of rotatable bonds is 7. The SMILES string of the molecule is CCCNCc1ccnc(OC(C)C(C)C)c1F. The molecule has 0 amide bonds. The first-order valence-corrected chi connectivity index (χ1v) is 6.57. The number of hydrogen-bond acceptors (Lipinski definition) is 3. The normalized spacial score (nSPS) is 12.8. The molecule has 1 heterocycles. The smallest absolute Gasteiger partial charge is 0.250 e. The van der Waals surface area contributed by atoms with E-state index in [2.05, 4.69) is 17.2 Å². The minimum atomic E-state index is -0.353. The van der Waals surface area contributed by atoms with Crippen LogP contribution in [0.3, 0.4) is 0 Å². The number of pyridine rings is 1. The molecule has 1 rings (SSSR count). The molecular weight excluding hydrogens is 231 g/mol. The molecule has 0 radical (unpaired) electrons. The molecule has 3 nitrogen and oxygen atoms in total. The van der Waals surface area contributed by atoms with Gasteiger partial charge in [-0.05, 0) is 31.9 Å². The summed E-state index contributed by atoms with van der Waals surface area (Å²) in [6.07, 6.45) is 2.57. The van der Waals surface area contributed by atoms with Gasteiger partial charge in [0.15, 0.2) is 5.82 Å². The first kappa shape index (κ1) is 14.9. The molecule has 1 aromatic rings. The summed E-state index contributed by atoms with van der Waals surface area (Å²) in [4.78, 5) is 3.96. The summed E-state index contributed by atoms with van der Waals surface area (Å²) in [5, 5.41) is 3.17. The van der Waals surface area contributed by atoms with E-state index in [9.17, 15) is 4.39 Å². The predicted molar refractivity (Wildman–Crippen MR) is 71.1 cm³/mol. The number of nitrogens with zero attached hydrogens (tertiary/aromatic N) is 1. The van der Waals surface area contributed by atoms with Gasteiger partial charge >= 0.3 is 0 Å². The third kappa shape index (κ3) is 4.26. The maximum absolute atomic E-state index is 14.1. The van der Waals surface area contributed by atoms with E-state index in [1.807, 2.05) is 20.8 Å². The Balaban J connectivity index is 2.72. The minimum absolute atomic E-state index is 0.0501. The fraction of sp³-hybridized carbons (Fsp3) is 0.643. The Morgan fingerprint density at radius 3 is 2.72 bits per heavy atom. The zero-order chi connectivity index (χ0) is 13.5. The highest BCUT2D eigenvalue weighted by Gasteiger charge is 2.15. The zero-order valence-corrected chi connectivity index (χ0v) is 11.7. The molecular formula is C14H23FN2O. The second-order valence-corrected chi connectivity index (χ2v) is 4.83. The van der Waals surface area contributed by atoms with Crippen LogP contribution in [-0.2, 0) is 6.54 Å². The average molecular weight is 254 g/mol. The van der Waals surface area contributed by atoms with Crippen LogP contribution in [0.5, 0.6) is 5.88 Å². The predicted octanol–water partition coefficient (Wildman–Crippen LogP) is 3.14. The molecule has 1 unspecified atom stereocenters. The van der Waals surface area contributed by atoms with Crippen LogP contribution in [0, 0.1) is 11.7 Å². The van der Waals surface area contributed by atoms with Crippen molar-refractivity contribution in [3.63, 3.8) is 0 Å². The maximum atomic E-state index is 14.1. The van der Waals surface area contributed by atoms with Crippen molar-refractivity contribution in [3.8, 4) is 5.88 Å². The number of hydrogen-bond donors (Lipinski definition) is 1. The average Bonchev–Trinajstić information content (AvgIpc) is 2.33. The highest BCUT2D eigenvalue weighted by molar-refractivity contribution is 5.23. The van der Waals surface area contributed by atoms with E-state index in [4.69, 9.17) is 4.74 Å². The largest absolute Gasteiger partial charge is 0.472 e. The van der Waals surface area contributed by atoms with Gasteiger partial charge in [-0.15, -0.1) is 0 Å². The molecule has 0 aliphatic heterocycles. The summed E-state index contributed by atoms with van der Waals surface area (Å²) in [5.41, 5.74) is 0.601. The summed E-state index contributed by atoms with van der Waals surface area (Å²) in [6.45, 7) is 9.46. The van der Waals surface area contributed by atoms with Gasteiger partial charge in [0.2, 0.25) is 0 Å². The Hall–Kier alpha value is -1.16. The van der Waals surface area contributed by atoms with Crippen molar-refractivity contribution in [2.45, 2.75) is 46.8 Å². The molecule has 102 valence electrons. The van der Waals surface area contributed by atoms with E-state index in [1.54, 1.807) is 12.3 Å². The molecule has 0 spiro atoms. The topological polar surface area (TPSA) is 34.2 Å². The van der Waals surface area contributed by atoms with Gasteiger partial charge in [0.1, 0.15) is 6.10 Å². The molecule has 1 aromatic heterocycles. The van der Waals surface area contributed by atoms with E-state index < -0.39 is 0 Å². The van der Waals surface area contributed by atoms with Gasteiger partial charge in [0.05, 0.1) is 0 Å². The number of halogens is 1. The van der Waals surface area contributed by atoms with Crippen molar-refractivity contribution in [1.82, 2.24) is 10.3 Å². The number of nitrogens with one attached hydrogen (secondary N) is 1. The molecule has 0 saturated heterocycles. The van der Waals surface area contributed by atoms with Gasteiger partial charge in [-0.25, -0.2) is 9.37 Å². The summed E-state index contributed by atoms with van der Waals surface area (Å²) in [5.74, 6) is 0.0775. The summed E-state index contributed by atoms with van der Waals surface area (Å²) >= 11 is 0. The van der Waals surface area contributed by atoms with Crippen molar-refractivity contribution in [1.29, 1.82) is 0 Å². The summed E-state index contributed by atoms with van der Waals surface area (Å²) in [7, 11) is 0. The van der Waals surface area contributed by atoms with E-state index >= 15 is 0 Å². The fourth-order valence-electron chi connectivity index (χ4n) is 1.39. The van der Waals surface area contributed by atoms with Crippen molar-refractivity contribution in [2.24, 2.45) is 5.92 Å². The number of ether oxygens (including phenoxy) is 1. The first-order valence-electron chi connectivity index (χ1n) is 6.57. The van der Waals surface area contributed by atoms with E-state index in [1.165, 1.54) is 0 Å². The van der Waals surface area contributed by atoms with Crippen molar-refractivity contribution in [3.05, 3.63) is 23.6 Å². The summed E-state index contributed by atoms with van der Waals surface area (Å²) in [6, 6.07) is 1.69. The van der Waals surface area contributed by atoms with Gasteiger partial charge in [-0.3, -0.25) is 0 Å². The van der Waals surface area contributed by atoms with Crippen molar-refractivity contribution in [2.75, 3.05) is 6.54 Å². The van der Waals surface area contributed by atoms with Gasteiger partial charge in [0.25, 0.3) is 5.88 Å². The van der Waals surface area contributed by atoms with E-state index in [-0.39, 0.29) is 17.8 Å². The third-order valence-electron chi connectivity index (χ3n) is 2.92.